The number of likely N-dealkylation sites (tertiary alicyclic amines) is 1. The van der Waals surface area contributed by atoms with Gasteiger partial charge in [0.25, 0.3) is 0 Å². The summed E-state index contributed by atoms with van der Waals surface area (Å²) in [5, 5.41) is 10.0. The third-order valence-corrected chi connectivity index (χ3v) is 10.7. The van der Waals surface area contributed by atoms with Crippen molar-refractivity contribution < 1.29 is 19.5 Å². The predicted molar refractivity (Wildman–Crippen MR) is 123 cm³/mol. The Balaban J connectivity index is 1.39. The fourth-order valence-corrected chi connectivity index (χ4v) is 9.85. The Bertz CT molecular complexity index is 1240. The molecule has 2 saturated carbocycles. The highest BCUT2D eigenvalue weighted by molar-refractivity contribution is 8.00. The summed E-state index contributed by atoms with van der Waals surface area (Å²) in [5.41, 5.74) is 2.37. The normalized spacial score (nSPS) is 33.8. The van der Waals surface area contributed by atoms with E-state index in [1.165, 1.54) is 27.4 Å². The predicted octanol–water partition coefficient (Wildman–Crippen LogP) is 3.08. The summed E-state index contributed by atoms with van der Waals surface area (Å²) in [5.74, 6) is -1.39. The molecule has 0 spiro atoms. The Labute approximate surface area is 198 Å². The van der Waals surface area contributed by atoms with Crippen LogP contribution in [0.2, 0.25) is 0 Å². The van der Waals surface area contributed by atoms with E-state index in [-0.39, 0.29) is 76.8 Å². The molecule has 7 nitrogen and oxygen atoms in total. The maximum atomic E-state index is 13.4. The SMILES string of the molecule is Cc1ccccc1[C@H]1c2sc(=O)[nH]c2S[C@H]2[C@H]3C[C@@H]([C@@H]4C(=O)N(CCCC(=O)O)C(=O)[C@@H]34)[C@H]12. The summed E-state index contributed by atoms with van der Waals surface area (Å²) in [4.78, 5) is 55.2. The highest BCUT2D eigenvalue weighted by Gasteiger charge is 2.69. The summed E-state index contributed by atoms with van der Waals surface area (Å²) >= 11 is 2.96. The van der Waals surface area contributed by atoms with E-state index < -0.39 is 5.97 Å². The Morgan fingerprint density at radius 1 is 1.15 bits per heavy atom. The minimum Gasteiger partial charge on any atom is -0.481 e. The van der Waals surface area contributed by atoms with E-state index in [1.807, 2.05) is 12.1 Å². The Morgan fingerprint density at radius 2 is 1.88 bits per heavy atom. The molecule has 172 valence electrons. The van der Waals surface area contributed by atoms with E-state index in [9.17, 15) is 19.2 Å². The number of carboxylic acid groups (broad SMARTS) is 1. The van der Waals surface area contributed by atoms with Gasteiger partial charge in [-0.2, -0.15) is 0 Å². The molecule has 3 heterocycles. The number of H-pyrrole nitrogens is 1. The highest BCUT2D eigenvalue weighted by Crippen LogP contribution is 2.68. The van der Waals surface area contributed by atoms with Crippen LogP contribution in [0, 0.1) is 36.5 Å². The molecule has 6 rings (SSSR count). The van der Waals surface area contributed by atoms with Crippen LogP contribution in [0.4, 0.5) is 0 Å². The summed E-state index contributed by atoms with van der Waals surface area (Å²) in [7, 11) is 0. The molecular formula is C24H24N2O5S2. The fourth-order valence-electron chi connectivity index (χ4n) is 6.97. The molecule has 33 heavy (non-hydrogen) atoms. The molecule has 4 aliphatic rings. The first-order valence-electron chi connectivity index (χ1n) is 11.4. The summed E-state index contributed by atoms with van der Waals surface area (Å²) in [6.07, 6.45) is 1.09. The molecule has 0 radical (unpaired) electrons. The number of thiazole rings is 1. The second-order valence-corrected chi connectivity index (χ2v) is 11.8. The number of nitrogens with one attached hydrogen (secondary N) is 1. The van der Waals surface area contributed by atoms with Gasteiger partial charge in [0.1, 0.15) is 0 Å². The number of carboxylic acids is 1. The molecule has 1 aromatic heterocycles. The van der Waals surface area contributed by atoms with Gasteiger partial charge in [0, 0.05) is 29.0 Å². The lowest BCUT2D eigenvalue weighted by Crippen LogP contribution is -2.42. The number of amides is 2. The van der Waals surface area contributed by atoms with E-state index in [4.69, 9.17) is 5.11 Å². The lowest BCUT2D eigenvalue weighted by Gasteiger charge is -2.43. The number of thioether (sulfide) groups is 1. The van der Waals surface area contributed by atoms with Gasteiger partial charge in [-0.05, 0) is 48.6 Å². The van der Waals surface area contributed by atoms with Crippen molar-refractivity contribution in [1.82, 2.24) is 9.88 Å². The molecule has 2 amide bonds. The van der Waals surface area contributed by atoms with Gasteiger partial charge >= 0.3 is 10.8 Å². The fraction of sp³-hybridized carbons (Fsp3) is 0.500. The van der Waals surface area contributed by atoms with Crippen LogP contribution in [0.5, 0.6) is 0 Å². The average Bonchev–Trinajstić information content (AvgIpc) is 3.49. The van der Waals surface area contributed by atoms with Crippen LogP contribution in [0.25, 0.3) is 0 Å². The first kappa shape index (κ1) is 21.2. The lowest BCUT2D eigenvalue weighted by molar-refractivity contribution is -0.142. The molecule has 0 unspecified atom stereocenters. The zero-order valence-corrected chi connectivity index (χ0v) is 19.7. The van der Waals surface area contributed by atoms with E-state index >= 15 is 0 Å². The topological polar surface area (TPSA) is 108 Å². The lowest BCUT2D eigenvalue weighted by atomic mass is 9.67. The number of aryl methyl sites for hydroxylation is 1. The van der Waals surface area contributed by atoms with Crippen molar-refractivity contribution in [2.45, 2.75) is 42.4 Å². The monoisotopic (exact) mass is 484 g/mol. The number of imide groups is 1. The number of hydrogen-bond donors (Lipinski definition) is 2. The molecule has 3 fully saturated rings. The van der Waals surface area contributed by atoms with E-state index in [0.29, 0.717) is 0 Å². The van der Waals surface area contributed by atoms with Gasteiger partial charge in [0.2, 0.25) is 11.8 Å². The van der Waals surface area contributed by atoms with Crippen LogP contribution < -0.4 is 4.87 Å². The number of nitrogens with zero attached hydrogens (tertiary/aromatic N) is 1. The maximum absolute atomic E-state index is 13.4. The molecular weight excluding hydrogens is 460 g/mol. The van der Waals surface area contributed by atoms with Crippen LogP contribution in [-0.2, 0) is 14.4 Å². The van der Waals surface area contributed by atoms with Crippen molar-refractivity contribution >= 4 is 40.9 Å². The van der Waals surface area contributed by atoms with Crippen molar-refractivity contribution in [2.75, 3.05) is 6.54 Å². The number of hydrogen-bond acceptors (Lipinski definition) is 6. The van der Waals surface area contributed by atoms with E-state index in [0.717, 1.165) is 16.3 Å². The van der Waals surface area contributed by atoms with Crippen LogP contribution in [0.3, 0.4) is 0 Å². The van der Waals surface area contributed by atoms with Gasteiger partial charge in [0.05, 0.1) is 16.9 Å². The molecule has 7 atom stereocenters. The van der Waals surface area contributed by atoms with Gasteiger partial charge in [0.15, 0.2) is 0 Å². The number of benzene rings is 1. The first-order chi connectivity index (χ1) is 15.9. The third kappa shape index (κ3) is 3.01. The minimum atomic E-state index is -0.919. The Morgan fingerprint density at radius 3 is 2.61 bits per heavy atom. The van der Waals surface area contributed by atoms with E-state index in [2.05, 4.69) is 24.0 Å². The van der Waals surface area contributed by atoms with Gasteiger partial charge in [-0.15, -0.1) is 11.8 Å². The third-order valence-electron chi connectivity index (χ3n) is 8.11. The zero-order chi connectivity index (χ0) is 23.0. The summed E-state index contributed by atoms with van der Waals surface area (Å²) in [6, 6.07) is 8.26. The number of aromatic nitrogens is 1. The molecule has 2 bridgehead atoms. The van der Waals surface area contributed by atoms with Crippen LogP contribution in [-0.4, -0.2) is 44.6 Å². The average molecular weight is 485 g/mol. The van der Waals surface area contributed by atoms with Gasteiger partial charge in [-0.25, -0.2) is 0 Å². The molecule has 2 N–H and O–H groups in total. The second kappa shape index (κ2) is 7.56. The number of aromatic amines is 1. The van der Waals surface area contributed by atoms with E-state index in [1.54, 1.807) is 11.8 Å². The van der Waals surface area contributed by atoms with Crippen LogP contribution >= 0.6 is 23.1 Å². The quantitative estimate of drug-likeness (QED) is 0.632. The molecule has 1 aromatic carbocycles. The molecule has 2 aromatic rings. The Hall–Kier alpha value is -2.39. The Kier molecular flexibility index (Phi) is 4.85. The number of fused-ring (bicyclic) bond motifs is 9. The summed E-state index contributed by atoms with van der Waals surface area (Å²) < 4.78 is 0. The first-order valence-corrected chi connectivity index (χ1v) is 13.1. The maximum Gasteiger partial charge on any atom is 0.305 e. The highest BCUT2D eigenvalue weighted by atomic mass is 32.2. The standard InChI is InChI=1S/C24H24N2O5S2/c1-10-5-2-3-6-11(10)15-16-12-9-13(19(16)32-21-20(15)33-24(31)25-21)18-17(12)22(29)26(23(18)30)8-4-7-14(27)28/h2-3,5-6,12-13,15-19H,4,7-9H2,1H3,(H,25,31)(H,27,28)/t12-,13+,15-,16-,17+,18+,19+/m1/s1. The van der Waals surface area contributed by atoms with Gasteiger partial charge in [-0.3, -0.25) is 24.1 Å². The van der Waals surface area contributed by atoms with Crippen molar-refractivity contribution in [2.24, 2.45) is 29.6 Å². The number of carbonyl (C=O) groups excluding carboxylic acids is 2. The van der Waals surface area contributed by atoms with Crippen molar-refractivity contribution in [3.05, 3.63) is 49.9 Å². The van der Waals surface area contributed by atoms with Gasteiger partial charge < -0.3 is 10.1 Å². The number of aliphatic carboxylic acids is 1. The summed E-state index contributed by atoms with van der Waals surface area (Å²) in [6.45, 7) is 2.27. The number of rotatable bonds is 5. The van der Waals surface area contributed by atoms with Crippen LogP contribution in [0.1, 0.15) is 41.2 Å². The molecule has 2 aliphatic carbocycles. The van der Waals surface area contributed by atoms with Crippen molar-refractivity contribution in [3.8, 4) is 0 Å². The van der Waals surface area contributed by atoms with Crippen molar-refractivity contribution in [3.63, 3.8) is 0 Å². The smallest absolute Gasteiger partial charge is 0.305 e. The van der Waals surface area contributed by atoms with Gasteiger partial charge in [-0.1, -0.05) is 35.6 Å². The van der Waals surface area contributed by atoms with Crippen LogP contribution in [0.15, 0.2) is 34.1 Å². The minimum absolute atomic E-state index is 0.0383. The van der Waals surface area contributed by atoms with Crippen molar-refractivity contribution in [1.29, 1.82) is 0 Å². The molecule has 9 heteroatoms. The molecule has 2 aliphatic heterocycles. The molecule has 1 saturated heterocycles. The largest absolute Gasteiger partial charge is 0.481 e. The second-order valence-electron chi connectivity index (χ2n) is 9.64. The number of carbonyl (C=O) groups is 3. The zero-order valence-electron chi connectivity index (χ0n) is 18.0.